The zero-order valence-electron chi connectivity index (χ0n) is 22.7. The third-order valence-corrected chi connectivity index (χ3v) is 6.29. The summed E-state index contributed by atoms with van der Waals surface area (Å²) in [5, 5.41) is 0.890. The van der Waals surface area contributed by atoms with Crippen LogP contribution in [0, 0.1) is 0 Å². The molecule has 0 bridgehead atoms. The number of pyridine rings is 1. The van der Waals surface area contributed by atoms with Crippen LogP contribution in [0.25, 0.3) is 10.9 Å². The molecule has 0 amide bonds. The Kier molecular flexibility index (Phi) is 8.70. The summed E-state index contributed by atoms with van der Waals surface area (Å²) in [4.78, 5) is 32.9. The molecule has 9 nitrogen and oxygen atoms in total. The fourth-order valence-corrected chi connectivity index (χ4v) is 4.61. The smallest absolute Gasteiger partial charge is 0.336 e. The molecule has 39 heavy (non-hydrogen) atoms. The summed E-state index contributed by atoms with van der Waals surface area (Å²) < 4.78 is 27.3. The van der Waals surface area contributed by atoms with Gasteiger partial charge < -0.3 is 28.6 Å². The molecule has 0 fully saturated rings. The van der Waals surface area contributed by atoms with Crippen LogP contribution in [0.15, 0.2) is 72.2 Å². The number of esters is 2. The number of carbonyl (C=O) groups is 2. The zero-order valence-corrected chi connectivity index (χ0v) is 22.7. The van der Waals surface area contributed by atoms with E-state index in [-0.39, 0.29) is 13.2 Å². The van der Waals surface area contributed by atoms with E-state index in [1.165, 1.54) is 7.11 Å². The predicted molar refractivity (Wildman–Crippen MR) is 146 cm³/mol. The van der Waals surface area contributed by atoms with E-state index in [0.717, 1.165) is 16.5 Å². The van der Waals surface area contributed by atoms with Crippen molar-refractivity contribution < 1.29 is 33.3 Å². The summed E-state index contributed by atoms with van der Waals surface area (Å²) in [6.45, 7) is 4.15. The highest BCUT2D eigenvalue weighted by atomic mass is 16.5. The second-order valence-corrected chi connectivity index (χ2v) is 8.71. The lowest BCUT2D eigenvalue weighted by Gasteiger charge is -2.30. The first-order chi connectivity index (χ1) is 18.9. The summed E-state index contributed by atoms with van der Waals surface area (Å²) in [7, 11) is 4.62. The van der Waals surface area contributed by atoms with E-state index >= 15 is 0 Å². The lowest BCUT2D eigenvalue weighted by atomic mass is 9.83. The molecule has 0 saturated heterocycles. The Bertz CT molecular complexity index is 1370. The van der Waals surface area contributed by atoms with E-state index in [9.17, 15) is 9.59 Å². The maximum absolute atomic E-state index is 13.3. The molecule has 0 N–H and O–H groups in total. The highest BCUT2D eigenvalue weighted by Gasteiger charge is 2.36. The zero-order chi connectivity index (χ0) is 27.9. The van der Waals surface area contributed by atoms with Gasteiger partial charge in [0.05, 0.1) is 57.1 Å². The number of fused-ring (bicyclic) bond motifs is 1. The summed E-state index contributed by atoms with van der Waals surface area (Å²) in [6.07, 6.45) is 5.08. The van der Waals surface area contributed by atoms with Gasteiger partial charge >= 0.3 is 11.9 Å². The average molecular weight is 533 g/mol. The normalized spacial score (nSPS) is 13.4. The van der Waals surface area contributed by atoms with Gasteiger partial charge in [-0.1, -0.05) is 18.2 Å². The minimum absolute atomic E-state index is 0.185. The van der Waals surface area contributed by atoms with Gasteiger partial charge in [0, 0.05) is 30.5 Å². The Morgan fingerprint density at radius 2 is 1.44 bits per heavy atom. The van der Waals surface area contributed by atoms with E-state index in [2.05, 4.69) is 4.98 Å². The second-order valence-electron chi connectivity index (χ2n) is 8.71. The number of methoxy groups -OCH3 is 3. The number of carbonyl (C=O) groups excluding carboxylic acids is 2. The number of hydrogen-bond donors (Lipinski definition) is 0. The van der Waals surface area contributed by atoms with Crippen LogP contribution in [0.4, 0.5) is 0 Å². The van der Waals surface area contributed by atoms with Crippen LogP contribution in [0.5, 0.6) is 17.2 Å². The van der Waals surface area contributed by atoms with Crippen molar-refractivity contribution in [2.24, 2.45) is 0 Å². The van der Waals surface area contributed by atoms with E-state index in [0.29, 0.717) is 40.5 Å². The minimum Gasteiger partial charge on any atom is -0.493 e. The van der Waals surface area contributed by atoms with Crippen LogP contribution >= 0.6 is 0 Å². The van der Waals surface area contributed by atoms with Gasteiger partial charge in [-0.15, -0.1) is 0 Å². The number of aromatic nitrogens is 1. The number of hydrogen-bond acceptors (Lipinski definition) is 9. The molecule has 0 spiro atoms. The summed E-state index contributed by atoms with van der Waals surface area (Å²) in [5.74, 6) is -0.324. The molecule has 9 heteroatoms. The summed E-state index contributed by atoms with van der Waals surface area (Å²) >= 11 is 0. The van der Waals surface area contributed by atoms with Crippen molar-refractivity contribution in [2.75, 3.05) is 34.5 Å². The Balaban J connectivity index is 1.82. The first kappa shape index (κ1) is 27.5. The van der Waals surface area contributed by atoms with E-state index < -0.39 is 17.9 Å². The molecule has 3 aromatic rings. The highest BCUT2D eigenvalue weighted by Crippen LogP contribution is 2.41. The first-order valence-corrected chi connectivity index (χ1v) is 12.6. The monoisotopic (exact) mass is 532 g/mol. The van der Waals surface area contributed by atoms with E-state index in [4.69, 9.17) is 23.7 Å². The standard InChI is InChI=1S/C30H32N2O7/c1-6-38-29(33)22-17-32(16-19-12-25(35-3)28(37-5)26(13-19)36-4)18-23(30(34)39-7-2)27(22)21-14-20-10-8-9-11-24(20)31-15-21/h8-15,17-18,27H,6-7,16H2,1-5H3. The maximum atomic E-state index is 13.3. The molecule has 0 saturated carbocycles. The van der Waals surface area contributed by atoms with Gasteiger partial charge in [-0.25, -0.2) is 9.59 Å². The van der Waals surface area contributed by atoms with Crippen molar-refractivity contribution in [2.45, 2.75) is 26.3 Å². The van der Waals surface area contributed by atoms with Gasteiger partial charge in [0.1, 0.15) is 0 Å². The number of ether oxygens (including phenoxy) is 5. The van der Waals surface area contributed by atoms with Crippen LogP contribution in [0.3, 0.4) is 0 Å². The summed E-state index contributed by atoms with van der Waals surface area (Å²) in [5.41, 5.74) is 2.89. The third-order valence-electron chi connectivity index (χ3n) is 6.29. The number of benzene rings is 2. The van der Waals surface area contributed by atoms with Gasteiger partial charge in [0.15, 0.2) is 11.5 Å². The molecule has 2 aromatic carbocycles. The van der Waals surface area contributed by atoms with Crippen molar-refractivity contribution in [1.29, 1.82) is 0 Å². The minimum atomic E-state index is -0.726. The molecule has 0 aliphatic carbocycles. The summed E-state index contributed by atoms with van der Waals surface area (Å²) in [6, 6.07) is 13.2. The number of para-hydroxylation sites is 1. The van der Waals surface area contributed by atoms with Crippen LogP contribution in [0.2, 0.25) is 0 Å². The first-order valence-electron chi connectivity index (χ1n) is 12.6. The Labute approximate surface area is 227 Å². The molecule has 4 rings (SSSR count). The molecule has 2 heterocycles. The number of rotatable bonds is 10. The van der Waals surface area contributed by atoms with Crippen molar-refractivity contribution >= 4 is 22.8 Å². The van der Waals surface area contributed by atoms with Gasteiger partial charge in [0.25, 0.3) is 0 Å². The molecule has 1 aliphatic heterocycles. The van der Waals surface area contributed by atoms with Crippen molar-refractivity contribution in [3.8, 4) is 17.2 Å². The molecular weight excluding hydrogens is 500 g/mol. The van der Waals surface area contributed by atoms with Gasteiger partial charge in [-0.2, -0.15) is 0 Å². The Hall–Kier alpha value is -4.53. The quantitative estimate of drug-likeness (QED) is 0.343. The highest BCUT2D eigenvalue weighted by molar-refractivity contribution is 5.99. The SMILES string of the molecule is CCOC(=O)C1=CN(Cc2cc(OC)c(OC)c(OC)c2)C=C(C(=O)OCC)C1c1cnc2ccccc2c1. The average Bonchev–Trinajstić information content (AvgIpc) is 2.96. The van der Waals surface area contributed by atoms with Crippen LogP contribution in [-0.4, -0.2) is 56.4 Å². The molecule has 0 radical (unpaired) electrons. The molecule has 1 aliphatic rings. The van der Waals surface area contributed by atoms with Crippen molar-refractivity contribution in [3.05, 3.63) is 83.3 Å². The molecule has 204 valence electrons. The van der Waals surface area contributed by atoms with Gasteiger partial charge in [-0.05, 0) is 49.2 Å². The van der Waals surface area contributed by atoms with Gasteiger partial charge in [0.2, 0.25) is 5.75 Å². The molecular formula is C30H32N2O7. The van der Waals surface area contributed by atoms with Crippen LogP contribution < -0.4 is 14.2 Å². The molecule has 1 aromatic heterocycles. The lowest BCUT2D eigenvalue weighted by Crippen LogP contribution is -2.29. The van der Waals surface area contributed by atoms with E-state index in [1.54, 1.807) is 51.6 Å². The molecule has 0 unspecified atom stereocenters. The Morgan fingerprint density at radius 1 is 0.846 bits per heavy atom. The molecule has 0 atom stereocenters. The van der Waals surface area contributed by atoms with Crippen LogP contribution in [0.1, 0.15) is 30.9 Å². The second kappa shape index (κ2) is 12.3. The third kappa shape index (κ3) is 5.82. The van der Waals surface area contributed by atoms with Crippen molar-refractivity contribution in [1.82, 2.24) is 9.88 Å². The fraction of sp³-hybridized carbons (Fsp3) is 0.300. The maximum Gasteiger partial charge on any atom is 0.336 e. The largest absolute Gasteiger partial charge is 0.493 e. The van der Waals surface area contributed by atoms with Crippen molar-refractivity contribution in [3.63, 3.8) is 0 Å². The Morgan fingerprint density at radius 3 is 1.97 bits per heavy atom. The topological polar surface area (TPSA) is 96.4 Å². The fourth-order valence-electron chi connectivity index (χ4n) is 4.61. The predicted octanol–water partition coefficient (Wildman–Crippen LogP) is 4.75. The number of nitrogens with zero attached hydrogens (tertiary/aromatic N) is 2. The van der Waals surface area contributed by atoms with Crippen LogP contribution in [-0.2, 0) is 25.6 Å². The lowest BCUT2D eigenvalue weighted by molar-refractivity contribution is -0.139. The van der Waals surface area contributed by atoms with E-state index in [1.807, 2.05) is 42.5 Å². The van der Waals surface area contributed by atoms with Gasteiger partial charge in [-0.3, -0.25) is 4.98 Å².